The summed E-state index contributed by atoms with van der Waals surface area (Å²) in [6.07, 6.45) is 0.894. The van der Waals surface area contributed by atoms with Crippen molar-refractivity contribution in [1.82, 2.24) is 5.43 Å². The summed E-state index contributed by atoms with van der Waals surface area (Å²) in [6.45, 7) is 0.400. The molecule has 0 aromatic heterocycles. The number of benzene rings is 2. The average molecular weight is 319 g/mol. The highest BCUT2D eigenvalue weighted by Crippen LogP contribution is 2.18. The number of halogens is 1. The molecule has 0 unspecified atom stereocenters. The van der Waals surface area contributed by atoms with E-state index in [0.717, 1.165) is 16.9 Å². The van der Waals surface area contributed by atoms with Gasteiger partial charge in [0.1, 0.15) is 12.4 Å². The van der Waals surface area contributed by atoms with Gasteiger partial charge in [0.2, 0.25) is 0 Å². The van der Waals surface area contributed by atoms with Crippen molar-refractivity contribution in [2.75, 3.05) is 7.11 Å². The maximum atomic E-state index is 10.8. The van der Waals surface area contributed by atoms with E-state index in [4.69, 9.17) is 16.3 Å². The van der Waals surface area contributed by atoms with Gasteiger partial charge in [0, 0.05) is 10.6 Å². The summed E-state index contributed by atoms with van der Waals surface area (Å²) in [5.41, 5.74) is 3.96. The van der Waals surface area contributed by atoms with Crippen molar-refractivity contribution in [1.29, 1.82) is 0 Å². The third-order valence-corrected chi connectivity index (χ3v) is 3.16. The third-order valence-electron chi connectivity index (χ3n) is 2.79. The van der Waals surface area contributed by atoms with Crippen LogP contribution in [-0.2, 0) is 11.3 Å². The zero-order valence-electron chi connectivity index (χ0n) is 12.0. The Morgan fingerprint density at radius 2 is 1.95 bits per heavy atom. The van der Waals surface area contributed by atoms with Crippen molar-refractivity contribution < 1.29 is 14.3 Å². The predicted molar refractivity (Wildman–Crippen MR) is 85.4 cm³/mol. The predicted octanol–water partition coefficient (Wildman–Crippen LogP) is 3.61. The molecule has 0 atom stereocenters. The SMILES string of the molecule is COC(=O)N/N=C/c1ccc(OCc2ccccc2Cl)cc1. The Balaban J connectivity index is 1.89. The van der Waals surface area contributed by atoms with E-state index in [1.807, 2.05) is 48.5 Å². The smallest absolute Gasteiger partial charge is 0.427 e. The highest BCUT2D eigenvalue weighted by molar-refractivity contribution is 6.31. The molecule has 114 valence electrons. The second kappa shape index (κ2) is 8.05. The van der Waals surface area contributed by atoms with Crippen LogP contribution in [0.4, 0.5) is 4.79 Å². The number of hydrogen-bond acceptors (Lipinski definition) is 4. The number of nitrogens with zero attached hydrogens (tertiary/aromatic N) is 1. The minimum atomic E-state index is -0.615. The quantitative estimate of drug-likeness (QED) is 0.676. The van der Waals surface area contributed by atoms with E-state index < -0.39 is 6.09 Å². The Kier molecular flexibility index (Phi) is 5.80. The zero-order chi connectivity index (χ0) is 15.8. The van der Waals surface area contributed by atoms with E-state index in [1.54, 1.807) is 0 Å². The number of carbonyl (C=O) groups excluding carboxylic acids is 1. The molecule has 0 radical (unpaired) electrons. The standard InChI is InChI=1S/C16H15ClN2O3/c1-21-16(20)19-18-10-12-6-8-14(9-7-12)22-11-13-4-2-3-5-15(13)17/h2-10H,11H2,1H3,(H,19,20)/b18-10+. The minimum absolute atomic E-state index is 0.400. The third kappa shape index (κ3) is 4.79. The minimum Gasteiger partial charge on any atom is -0.489 e. The van der Waals surface area contributed by atoms with Gasteiger partial charge in [-0.1, -0.05) is 29.8 Å². The molecule has 1 N–H and O–H groups in total. The topological polar surface area (TPSA) is 59.9 Å². The second-order valence-corrected chi connectivity index (χ2v) is 4.72. The first kappa shape index (κ1) is 15.9. The van der Waals surface area contributed by atoms with Gasteiger partial charge in [0.05, 0.1) is 13.3 Å². The van der Waals surface area contributed by atoms with Crippen molar-refractivity contribution in [3.8, 4) is 5.75 Å². The maximum absolute atomic E-state index is 10.8. The lowest BCUT2D eigenvalue weighted by molar-refractivity contribution is 0.171. The Morgan fingerprint density at radius 3 is 2.64 bits per heavy atom. The molecule has 0 saturated heterocycles. The number of methoxy groups -OCH3 is 1. The number of carbonyl (C=O) groups is 1. The fourth-order valence-electron chi connectivity index (χ4n) is 1.63. The van der Waals surface area contributed by atoms with Crippen LogP contribution < -0.4 is 10.2 Å². The van der Waals surface area contributed by atoms with Gasteiger partial charge in [-0.3, -0.25) is 0 Å². The Bertz CT molecular complexity index is 657. The molecule has 22 heavy (non-hydrogen) atoms. The Hall–Kier alpha value is -2.53. The molecule has 2 aromatic rings. The Morgan fingerprint density at radius 1 is 1.23 bits per heavy atom. The summed E-state index contributed by atoms with van der Waals surface area (Å²) < 4.78 is 10.1. The number of nitrogens with one attached hydrogen (secondary N) is 1. The molecule has 6 heteroatoms. The van der Waals surface area contributed by atoms with E-state index in [1.165, 1.54) is 13.3 Å². The molecule has 0 saturated carbocycles. The summed E-state index contributed by atoms with van der Waals surface area (Å²) >= 11 is 6.07. The van der Waals surface area contributed by atoms with Crippen LogP contribution in [0.15, 0.2) is 53.6 Å². The van der Waals surface area contributed by atoms with Crippen LogP contribution in [0.3, 0.4) is 0 Å². The molecule has 5 nitrogen and oxygen atoms in total. The lowest BCUT2D eigenvalue weighted by Crippen LogP contribution is -2.16. The van der Waals surface area contributed by atoms with Gasteiger partial charge in [0.25, 0.3) is 0 Å². The summed E-state index contributed by atoms with van der Waals surface area (Å²) in [6, 6.07) is 14.8. The molecule has 0 aliphatic rings. The monoisotopic (exact) mass is 318 g/mol. The normalized spacial score (nSPS) is 10.5. The fourth-order valence-corrected chi connectivity index (χ4v) is 1.82. The van der Waals surface area contributed by atoms with Crippen LogP contribution >= 0.6 is 11.6 Å². The number of hydrazone groups is 1. The lowest BCUT2D eigenvalue weighted by Gasteiger charge is -2.07. The first-order chi connectivity index (χ1) is 10.7. The van der Waals surface area contributed by atoms with Crippen LogP contribution in [0.1, 0.15) is 11.1 Å². The van der Waals surface area contributed by atoms with Gasteiger partial charge in [0.15, 0.2) is 0 Å². The number of ether oxygens (including phenoxy) is 2. The van der Waals surface area contributed by atoms with Crippen molar-refractivity contribution in [3.05, 3.63) is 64.7 Å². The molecule has 0 heterocycles. The largest absolute Gasteiger partial charge is 0.489 e. The van der Waals surface area contributed by atoms with Crippen LogP contribution in [-0.4, -0.2) is 19.4 Å². The van der Waals surface area contributed by atoms with Gasteiger partial charge in [-0.2, -0.15) is 5.10 Å². The van der Waals surface area contributed by atoms with Gasteiger partial charge in [-0.15, -0.1) is 0 Å². The fraction of sp³-hybridized carbons (Fsp3) is 0.125. The molecule has 0 aliphatic carbocycles. The molecule has 0 fully saturated rings. The number of amides is 1. The number of hydrogen-bond donors (Lipinski definition) is 1. The van der Waals surface area contributed by atoms with E-state index in [2.05, 4.69) is 15.3 Å². The van der Waals surface area contributed by atoms with Crippen molar-refractivity contribution in [2.24, 2.45) is 5.10 Å². The molecule has 2 aromatic carbocycles. The molecule has 0 bridgehead atoms. The second-order valence-electron chi connectivity index (χ2n) is 4.31. The maximum Gasteiger partial charge on any atom is 0.427 e. The van der Waals surface area contributed by atoms with Gasteiger partial charge in [-0.05, 0) is 35.9 Å². The van der Waals surface area contributed by atoms with Crippen molar-refractivity contribution in [3.63, 3.8) is 0 Å². The van der Waals surface area contributed by atoms with E-state index in [-0.39, 0.29) is 0 Å². The van der Waals surface area contributed by atoms with Crippen LogP contribution in [0.5, 0.6) is 5.75 Å². The van der Waals surface area contributed by atoms with Crippen LogP contribution in [0.25, 0.3) is 0 Å². The molecule has 1 amide bonds. The first-order valence-electron chi connectivity index (χ1n) is 6.52. The van der Waals surface area contributed by atoms with E-state index in [0.29, 0.717) is 11.6 Å². The van der Waals surface area contributed by atoms with Crippen molar-refractivity contribution >= 4 is 23.9 Å². The molecular weight excluding hydrogens is 304 g/mol. The summed E-state index contributed by atoms with van der Waals surface area (Å²) in [4.78, 5) is 10.8. The number of rotatable bonds is 5. The molecule has 0 aliphatic heterocycles. The molecule has 2 rings (SSSR count). The highest BCUT2D eigenvalue weighted by atomic mass is 35.5. The molecule has 0 spiro atoms. The van der Waals surface area contributed by atoms with E-state index >= 15 is 0 Å². The van der Waals surface area contributed by atoms with E-state index in [9.17, 15) is 4.79 Å². The Labute approximate surface area is 133 Å². The lowest BCUT2D eigenvalue weighted by atomic mass is 10.2. The van der Waals surface area contributed by atoms with Crippen LogP contribution in [0, 0.1) is 0 Å². The summed E-state index contributed by atoms with van der Waals surface area (Å²) in [5, 5.41) is 4.42. The van der Waals surface area contributed by atoms with Crippen LogP contribution in [0.2, 0.25) is 5.02 Å². The average Bonchev–Trinajstić information content (AvgIpc) is 2.55. The zero-order valence-corrected chi connectivity index (χ0v) is 12.7. The van der Waals surface area contributed by atoms with Gasteiger partial charge in [-0.25, -0.2) is 10.2 Å². The summed E-state index contributed by atoms with van der Waals surface area (Å²) in [5.74, 6) is 0.720. The van der Waals surface area contributed by atoms with Crippen molar-refractivity contribution in [2.45, 2.75) is 6.61 Å². The summed E-state index contributed by atoms with van der Waals surface area (Å²) in [7, 11) is 1.27. The first-order valence-corrected chi connectivity index (χ1v) is 6.90. The highest BCUT2D eigenvalue weighted by Gasteiger charge is 2.00. The molecular formula is C16H15ClN2O3. The van der Waals surface area contributed by atoms with Gasteiger partial charge < -0.3 is 9.47 Å². The van der Waals surface area contributed by atoms with Gasteiger partial charge >= 0.3 is 6.09 Å².